The third kappa shape index (κ3) is 19.8. The summed E-state index contributed by atoms with van der Waals surface area (Å²) in [4.78, 5) is 161. The van der Waals surface area contributed by atoms with Gasteiger partial charge >= 0.3 is 0 Å². The van der Waals surface area contributed by atoms with Crippen molar-refractivity contribution in [3.05, 3.63) is 138 Å². The predicted octanol–water partition coefficient (Wildman–Crippen LogP) is -0.697. The van der Waals surface area contributed by atoms with Gasteiger partial charge in [-0.3, -0.25) is 53.2 Å². The van der Waals surface area contributed by atoms with Crippen LogP contribution < -0.4 is 54.0 Å². The number of para-hydroxylation sites is 1. The summed E-state index contributed by atoms with van der Waals surface area (Å²) < 4.78 is 1.78. The molecular formula is C66H86N18O12. The van der Waals surface area contributed by atoms with Crippen LogP contribution in [0.15, 0.2) is 115 Å². The van der Waals surface area contributed by atoms with E-state index in [-0.39, 0.29) is 100 Å². The average Bonchev–Trinajstić information content (AvgIpc) is 1.53. The molecule has 9 amide bonds. The number of H-pyrrole nitrogens is 2. The van der Waals surface area contributed by atoms with Crippen LogP contribution in [0.2, 0.25) is 0 Å². The van der Waals surface area contributed by atoms with E-state index in [0.29, 0.717) is 65.8 Å². The summed E-state index contributed by atoms with van der Waals surface area (Å²) in [5.41, 5.74) is 14.2. The maximum absolute atomic E-state index is 15.5. The molecule has 3 aromatic heterocycles. The van der Waals surface area contributed by atoms with Gasteiger partial charge in [-0.05, 0) is 86.3 Å². The minimum atomic E-state index is -1.80. The third-order valence-corrected chi connectivity index (χ3v) is 16.6. The number of benzene rings is 3. The molecule has 2 aliphatic heterocycles. The number of aromatic hydroxyl groups is 1. The van der Waals surface area contributed by atoms with Gasteiger partial charge in [0.1, 0.15) is 72.2 Å². The van der Waals surface area contributed by atoms with Gasteiger partial charge in [0.15, 0.2) is 5.96 Å². The lowest BCUT2D eigenvalue weighted by atomic mass is 10.0. The molecule has 6 aromatic rings. The number of carbonyl (C=O) groups excluding carboxylic acids is 10. The zero-order chi connectivity index (χ0) is 68.8. The second-order valence-electron chi connectivity index (χ2n) is 24.3. The summed E-state index contributed by atoms with van der Waals surface area (Å²) in [7, 11) is 0. The lowest BCUT2D eigenvalue weighted by molar-refractivity contribution is -0.166. The molecule has 0 radical (unpaired) electrons. The maximum Gasteiger partial charge on any atom is 0.260 e. The number of nitrogens with two attached hydrogens (primary N) is 2. The van der Waals surface area contributed by atoms with Gasteiger partial charge in [-0.25, -0.2) is 15.0 Å². The molecule has 96 heavy (non-hydrogen) atoms. The maximum atomic E-state index is 15.5. The second kappa shape index (κ2) is 34.6. The Balaban J connectivity index is 1.09. The van der Waals surface area contributed by atoms with Crippen LogP contribution in [0, 0.1) is 5.92 Å². The fourth-order valence-corrected chi connectivity index (χ4v) is 11.8. The van der Waals surface area contributed by atoms with Crippen molar-refractivity contribution in [1.82, 2.24) is 77.1 Å². The summed E-state index contributed by atoms with van der Waals surface area (Å²) in [6, 6.07) is 10.2. The molecule has 9 atom stereocenters. The molecule has 0 bridgehead atoms. The van der Waals surface area contributed by atoms with Crippen LogP contribution in [0.1, 0.15) is 93.9 Å². The number of guanidine groups is 1. The number of aromatic amines is 2. The van der Waals surface area contributed by atoms with Crippen LogP contribution in [0.3, 0.4) is 0 Å². The Bertz CT molecular complexity index is 3670. The van der Waals surface area contributed by atoms with E-state index in [2.05, 4.69) is 67.5 Å². The number of nitrogens with zero attached hydrogens (tertiary/aromatic N) is 6. The van der Waals surface area contributed by atoms with E-state index in [4.69, 9.17) is 11.5 Å². The van der Waals surface area contributed by atoms with Crippen molar-refractivity contribution in [3.63, 3.8) is 0 Å². The highest BCUT2D eigenvalue weighted by Crippen LogP contribution is 2.26. The van der Waals surface area contributed by atoms with Crippen LogP contribution in [0.4, 0.5) is 0 Å². The number of rotatable bonds is 35. The second-order valence-corrected chi connectivity index (χ2v) is 24.3. The highest BCUT2D eigenvalue weighted by molar-refractivity contribution is 5.99. The number of aliphatic imine (C=N–C) groups is 1. The molecule has 30 heteroatoms. The van der Waals surface area contributed by atoms with Gasteiger partial charge in [0, 0.05) is 99.7 Å². The number of nitrogens with one attached hydrogen (secondary N) is 10. The molecule has 30 nitrogen and oxygen atoms in total. The van der Waals surface area contributed by atoms with Crippen molar-refractivity contribution >= 4 is 76.3 Å². The summed E-state index contributed by atoms with van der Waals surface area (Å²) in [5, 5.41) is 46.5. The van der Waals surface area contributed by atoms with Crippen molar-refractivity contribution in [2.45, 2.75) is 152 Å². The van der Waals surface area contributed by atoms with E-state index in [1.807, 2.05) is 50.2 Å². The fraction of sp³-hybridized carbons (Fsp3) is 0.439. The molecule has 0 spiro atoms. The third-order valence-electron chi connectivity index (χ3n) is 16.6. The average molecular weight is 1320 g/mol. The smallest absolute Gasteiger partial charge is 0.260 e. The summed E-state index contributed by atoms with van der Waals surface area (Å²) in [5.74, 6) is -6.95. The molecule has 512 valence electrons. The summed E-state index contributed by atoms with van der Waals surface area (Å²) >= 11 is 0. The summed E-state index contributed by atoms with van der Waals surface area (Å²) in [6.45, 7) is 5.32. The quantitative estimate of drug-likeness (QED) is 0.0101. The SMILES string of the molecule is CCNC(=O)[C@@H]1CCCN1N(C(=O)[C@H](CC(C)C)NC(=O)C(Cc1nccn1Cc1ccccc1)NC(=O)[C@H](Cc1ccc(O)cc1)NC(=O)[C@H](CO)NC(=O)[C@H](Cc1c[nH]c2ccccc12)NC(=O)[C@H](Cc1cnc[nH]1)NC(=O)C1CCC(=O)N1)[C@H](C=O)CCCN=C(N)N. The first-order valence-electron chi connectivity index (χ1n) is 32.2. The zero-order valence-corrected chi connectivity index (χ0v) is 53.9. The molecule has 2 fully saturated rings. The zero-order valence-electron chi connectivity index (χ0n) is 53.9. The number of hydrazine groups is 1. The lowest BCUT2D eigenvalue weighted by Gasteiger charge is -2.41. The van der Waals surface area contributed by atoms with Gasteiger partial charge in [0.25, 0.3) is 5.91 Å². The monoisotopic (exact) mass is 1320 g/mol. The molecule has 8 rings (SSSR count). The first kappa shape index (κ1) is 71.4. The van der Waals surface area contributed by atoms with Crippen molar-refractivity contribution < 1.29 is 58.2 Å². The van der Waals surface area contributed by atoms with Crippen LogP contribution in [0.25, 0.3) is 10.9 Å². The van der Waals surface area contributed by atoms with E-state index >= 15 is 14.4 Å². The van der Waals surface area contributed by atoms with Crippen LogP contribution in [-0.4, -0.2) is 191 Å². The molecule has 2 saturated heterocycles. The summed E-state index contributed by atoms with van der Waals surface area (Å²) in [6.07, 6.45) is 8.92. The van der Waals surface area contributed by atoms with E-state index in [1.165, 1.54) is 48.0 Å². The Morgan fingerprint density at radius 2 is 1.41 bits per heavy atom. The van der Waals surface area contributed by atoms with E-state index in [1.54, 1.807) is 47.1 Å². The molecule has 0 saturated carbocycles. The Labute approximate surface area is 554 Å². The number of aldehydes is 1. The number of hydrogen-bond acceptors (Lipinski definition) is 16. The number of hydrogen-bond donors (Lipinski definition) is 14. The normalized spacial score (nSPS) is 16.7. The number of phenols is 1. The van der Waals surface area contributed by atoms with Crippen LogP contribution in [-0.2, 0) is 80.2 Å². The van der Waals surface area contributed by atoms with Gasteiger partial charge in [-0.1, -0.05) is 74.5 Å². The molecule has 3 aromatic carbocycles. The van der Waals surface area contributed by atoms with Crippen LogP contribution >= 0.6 is 0 Å². The number of aliphatic hydroxyl groups excluding tert-OH is 1. The van der Waals surface area contributed by atoms with Crippen molar-refractivity contribution in [2.75, 3.05) is 26.2 Å². The predicted molar refractivity (Wildman–Crippen MR) is 352 cm³/mol. The lowest BCUT2D eigenvalue weighted by Crippen LogP contribution is -2.63. The Morgan fingerprint density at radius 1 is 0.760 bits per heavy atom. The number of phenolic OH excluding ortho intramolecular Hbond substituents is 1. The van der Waals surface area contributed by atoms with Gasteiger partial charge in [-0.2, -0.15) is 0 Å². The Hall–Kier alpha value is -10.5. The Kier molecular flexibility index (Phi) is 25.7. The number of likely N-dealkylation sites (N-methyl/N-ethyl adjacent to an activating group) is 1. The number of imidazole rings is 2. The fourth-order valence-electron chi connectivity index (χ4n) is 11.8. The standard InChI is InChI=1S/C66H86N18O12/c1-4-70-64(95)55-17-11-26-83(55)84(44(36-85)14-10-24-72-66(67)68)65(96)53(28-39(2)3)80-62(93)52(32-56-71-25-27-82(56)35-41-12-6-5-7-13-41)79-59(90)49(29-40-18-20-45(87)21-19-40)76-63(94)54(37-86)81-60(91)50(30-42-33-73-47-16-9-8-15-46(42)47)77-61(92)51(31-43-34-69-38-74-43)78-58(89)48-22-23-57(88)75-48/h5-9,12-13,15-16,18-21,25,27,33-34,36,38-39,44,48-55,73,86-87H,4,10-11,14,17,22-24,26,28-32,35,37H2,1-3H3,(H,69,74)(H,70,95)(H,75,88)(H,76,94)(H,77,92)(H,78,89)(H,79,90)(H,80,93)(H,81,91)(H4,67,68,72)/t44-,48?,49-,50-,51-,52?,53-,54-,55-/m0/s1. The molecular weight excluding hydrogens is 1240 g/mol. The molecule has 2 unspecified atom stereocenters. The largest absolute Gasteiger partial charge is 0.508 e. The van der Waals surface area contributed by atoms with E-state index in [0.717, 1.165) is 5.56 Å². The first-order chi connectivity index (χ1) is 46.2. The van der Waals surface area contributed by atoms with E-state index in [9.17, 15) is 43.8 Å². The number of amides is 9. The van der Waals surface area contributed by atoms with E-state index < -0.39 is 102 Å². The van der Waals surface area contributed by atoms with Crippen molar-refractivity contribution in [2.24, 2.45) is 22.4 Å². The number of carbonyl (C=O) groups is 10. The van der Waals surface area contributed by atoms with Crippen molar-refractivity contribution in [1.29, 1.82) is 0 Å². The number of aliphatic hydroxyl groups is 1. The van der Waals surface area contributed by atoms with Gasteiger partial charge in [0.05, 0.1) is 12.9 Å². The van der Waals surface area contributed by atoms with Gasteiger partial charge < -0.3 is 83.5 Å². The molecule has 5 heterocycles. The van der Waals surface area contributed by atoms with Gasteiger partial charge in [0.2, 0.25) is 47.3 Å². The number of aromatic nitrogens is 5. The molecule has 16 N–H and O–H groups in total. The highest BCUT2D eigenvalue weighted by atomic mass is 16.3. The minimum Gasteiger partial charge on any atom is -0.508 e. The molecule has 2 aliphatic rings. The van der Waals surface area contributed by atoms with Crippen molar-refractivity contribution in [3.8, 4) is 5.75 Å². The topological polar surface area (TPSA) is 441 Å². The highest BCUT2D eigenvalue weighted by Gasteiger charge is 2.43. The molecule has 0 aliphatic carbocycles. The van der Waals surface area contributed by atoms with Gasteiger partial charge in [-0.15, -0.1) is 0 Å². The van der Waals surface area contributed by atoms with Crippen LogP contribution in [0.5, 0.6) is 5.75 Å². The minimum absolute atomic E-state index is 0.0212. The first-order valence-corrected chi connectivity index (χ1v) is 32.2. The Morgan fingerprint density at radius 3 is 2.04 bits per heavy atom. The number of fused-ring (bicyclic) bond motifs is 1.